The summed E-state index contributed by atoms with van der Waals surface area (Å²) in [6.07, 6.45) is 1.73. The summed E-state index contributed by atoms with van der Waals surface area (Å²) in [5.74, 6) is 1.16. The fourth-order valence-electron chi connectivity index (χ4n) is 5.13. The molecule has 1 unspecified atom stereocenters. The normalized spacial score (nSPS) is 15.8. The van der Waals surface area contributed by atoms with Crippen LogP contribution in [-0.4, -0.2) is 39.4 Å². The van der Waals surface area contributed by atoms with Crippen LogP contribution in [0.3, 0.4) is 0 Å². The number of anilines is 1. The molecular formula is C32H28F3N5OS. The maximum Gasteiger partial charge on any atom is 0.573 e. The molecule has 5 aromatic rings. The first-order valence-corrected chi connectivity index (χ1v) is 14.7. The van der Waals surface area contributed by atoms with Gasteiger partial charge >= 0.3 is 6.36 Å². The fourth-order valence-corrected chi connectivity index (χ4v) is 6.04. The van der Waals surface area contributed by atoms with E-state index in [2.05, 4.69) is 62.9 Å². The minimum Gasteiger partial charge on any atom is -0.406 e. The van der Waals surface area contributed by atoms with Crippen LogP contribution in [0.2, 0.25) is 0 Å². The molecule has 3 aromatic carbocycles. The summed E-state index contributed by atoms with van der Waals surface area (Å²) in [7, 11) is 0. The summed E-state index contributed by atoms with van der Waals surface area (Å²) in [6, 6.07) is 22.3. The van der Waals surface area contributed by atoms with Gasteiger partial charge in [-0.3, -0.25) is 4.40 Å². The standard InChI is InChI=1S/C32H28F3N5OS/c1-3-21(2)26-6-4-5-7-28(26)40-16-17-42-31(40)38-37-19-22-8-13-27-24(18-22)14-15-39-29(20-36-30(27)39)23-9-11-25(12-10-23)41-32(33,34)35/h4-15,18-21H,3,16-17H2,1-2H3. The molecular weight excluding hydrogens is 559 g/mol. The van der Waals surface area contributed by atoms with Crippen molar-refractivity contribution < 1.29 is 17.9 Å². The van der Waals surface area contributed by atoms with Gasteiger partial charge in [0.2, 0.25) is 0 Å². The molecule has 0 aliphatic carbocycles. The maximum atomic E-state index is 12.5. The van der Waals surface area contributed by atoms with Crippen LogP contribution in [0.1, 0.15) is 37.3 Å². The molecule has 3 heterocycles. The monoisotopic (exact) mass is 587 g/mol. The lowest BCUT2D eigenvalue weighted by molar-refractivity contribution is -0.274. The van der Waals surface area contributed by atoms with Crippen LogP contribution in [0.5, 0.6) is 5.75 Å². The van der Waals surface area contributed by atoms with E-state index in [0.717, 1.165) is 57.1 Å². The number of alkyl halides is 3. The highest BCUT2D eigenvalue weighted by Gasteiger charge is 2.31. The molecule has 0 amide bonds. The largest absolute Gasteiger partial charge is 0.573 e. The quantitative estimate of drug-likeness (QED) is 0.142. The number of hydrogen-bond donors (Lipinski definition) is 0. The topological polar surface area (TPSA) is 54.5 Å². The molecule has 1 atom stereocenters. The number of halogens is 3. The lowest BCUT2D eigenvalue weighted by Gasteiger charge is -2.23. The van der Waals surface area contributed by atoms with Crippen molar-refractivity contribution in [1.82, 2.24) is 9.38 Å². The first-order valence-electron chi connectivity index (χ1n) is 13.7. The highest BCUT2D eigenvalue weighted by atomic mass is 32.2. The molecule has 6 nitrogen and oxygen atoms in total. The van der Waals surface area contributed by atoms with Crippen LogP contribution in [0.15, 0.2) is 95.4 Å². The number of thioether (sulfide) groups is 1. The second kappa shape index (κ2) is 11.5. The zero-order chi connectivity index (χ0) is 29.3. The van der Waals surface area contributed by atoms with E-state index in [1.807, 2.05) is 34.9 Å². The molecule has 214 valence electrons. The Kier molecular flexibility index (Phi) is 7.64. The van der Waals surface area contributed by atoms with Gasteiger partial charge in [0.1, 0.15) is 11.4 Å². The summed E-state index contributed by atoms with van der Waals surface area (Å²) in [4.78, 5) is 6.86. The number of nitrogens with zero attached hydrogens (tertiary/aromatic N) is 5. The minimum atomic E-state index is -4.73. The van der Waals surface area contributed by atoms with Crippen molar-refractivity contribution in [3.8, 4) is 17.0 Å². The lowest BCUT2D eigenvalue weighted by atomic mass is 9.96. The SMILES string of the molecule is CCC(C)c1ccccc1N1CCSC1=NN=Cc1ccc2c(ccn3c(-c4ccc(OC(F)(F)F)cc4)cnc23)c1. The Morgan fingerprint density at radius 1 is 1.07 bits per heavy atom. The summed E-state index contributed by atoms with van der Waals surface area (Å²) >= 11 is 1.71. The van der Waals surface area contributed by atoms with Crippen molar-refractivity contribution >= 4 is 45.3 Å². The molecule has 1 fully saturated rings. The smallest absolute Gasteiger partial charge is 0.406 e. The number of imidazole rings is 1. The molecule has 0 bridgehead atoms. The van der Waals surface area contributed by atoms with Gasteiger partial charge in [0.05, 0.1) is 18.1 Å². The van der Waals surface area contributed by atoms with E-state index in [-0.39, 0.29) is 5.75 Å². The van der Waals surface area contributed by atoms with Gasteiger partial charge in [0, 0.05) is 35.1 Å². The van der Waals surface area contributed by atoms with Crippen molar-refractivity contribution in [1.29, 1.82) is 0 Å². The molecule has 0 N–H and O–H groups in total. The van der Waals surface area contributed by atoms with Gasteiger partial charge in [-0.15, -0.1) is 18.3 Å². The zero-order valence-electron chi connectivity index (χ0n) is 23.0. The number of pyridine rings is 1. The summed E-state index contributed by atoms with van der Waals surface area (Å²) in [6.45, 7) is 5.36. The average Bonchev–Trinajstić information content (AvgIpc) is 3.64. The third-order valence-corrected chi connectivity index (χ3v) is 8.35. The fraction of sp³-hybridized carbons (Fsp3) is 0.219. The molecule has 6 rings (SSSR count). The van der Waals surface area contributed by atoms with Gasteiger partial charge in [0.25, 0.3) is 0 Å². The van der Waals surface area contributed by atoms with Crippen molar-refractivity contribution in [3.05, 3.63) is 96.3 Å². The van der Waals surface area contributed by atoms with Crippen LogP contribution >= 0.6 is 11.8 Å². The first kappa shape index (κ1) is 27.8. The molecule has 1 aliphatic heterocycles. The van der Waals surface area contributed by atoms with Crippen molar-refractivity contribution in [2.45, 2.75) is 32.5 Å². The minimum absolute atomic E-state index is 0.264. The number of hydrogen-bond acceptors (Lipinski definition) is 5. The number of rotatable bonds is 7. The number of fused-ring (bicyclic) bond motifs is 3. The summed E-state index contributed by atoms with van der Waals surface area (Å²) in [5, 5.41) is 11.9. The Balaban J connectivity index is 1.23. The predicted octanol–water partition coefficient (Wildman–Crippen LogP) is 8.51. The molecule has 2 aromatic heterocycles. The van der Waals surface area contributed by atoms with E-state index in [4.69, 9.17) is 0 Å². The second-order valence-corrected chi connectivity index (χ2v) is 11.1. The lowest BCUT2D eigenvalue weighted by Crippen LogP contribution is -2.25. The molecule has 0 radical (unpaired) electrons. The number of ether oxygens (including phenoxy) is 1. The van der Waals surface area contributed by atoms with Gasteiger partial charge in [-0.1, -0.05) is 49.9 Å². The van der Waals surface area contributed by atoms with Gasteiger partial charge in [-0.25, -0.2) is 4.98 Å². The van der Waals surface area contributed by atoms with E-state index >= 15 is 0 Å². The van der Waals surface area contributed by atoms with E-state index in [1.165, 1.54) is 23.4 Å². The Morgan fingerprint density at radius 2 is 1.88 bits per heavy atom. The Bertz CT molecular complexity index is 1800. The van der Waals surface area contributed by atoms with E-state index in [0.29, 0.717) is 5.92 Å². The molecule has 1 saturated heterocycles. The third kappa shape index (κ3) is 5.72. The second-order valence-electron chi connectivity index (χ2n) is 10.1. The van der Waals surface area contributed by atoms with Gasteiger partial charge in [-0.2, -0.15) is 5.10 Å². The Hall–Kier alpha value is -4.31. The summed E-state index contributed by atoms with van der Waals surface area (Å²) < 4.78 is 43.4. The van der Waals surface area contributed by atoms with Gasteiger partial charge in [0.15, 0.2) is 5.17 Å². The highest BCUT2D eigenvalue weighted by Crippen LogP contribution is 2.34. The van der Waals surface area contributed by atoms with Crippen molar-refractivity contribution in [3.63, 3.8) is 0 Å². The number of para-hydroxylation sites is 1. The van der Waals surface area contributed by atoms with Gasteiger partial charge in [-0.05, 0) is 77.4 Å². The van der Waals surface area contributed by atoms with Crippen LogP contribution in [-0.2, 0) is 0 Å². The van der Waals surface area contributed by atoms with E-state index < -0.39 is 6.36 Å². The van der Waals surface area contributed by atoms with Crippen molar-refractivity contribution in [2.75, 3.05) is 17.2 Å². The maximum absolute atomic E-state index is 12.5. The molecule has 42 heavy (non-hydrogen) atoms. The highest BCUT2D eigenvalue weighted by molar-refractivity contribution is 8.14. The van der Waals surface area contributed by atoms with E-state index in [1.54, 1.807) is 36.3 Å². The first-order chi connectivity index (χ1) is 20.3. The molecule has 10 heteroatoms. The average molecular weight is 588 g/mol. The number of benzene rings is 3. The molecule has 1 aliphatic rings. The number of aromatic nitrogens is 2. The van der Waals surface area contributed by atoms with Crippen LogP contribution in [0.25, 0.3) is 27.7 Å². The van der Waals surface area contributed by atoms with E-state index in [9.17, 15) is 13.2 Å². The summed E-state index contributed by atoms with van der Waals surface area (Å²) in [5.41, 5.74) is 5.68. The van der Waals surface area contributed by atoms with Crippen LogP contribution in [0.4, 0.5) is 18.9 Å². The zero-order valence-corrected chi connectivity index (χ0v) is 23.9. The number of amidine groups is 1. The Labute approximate surface area is 245 Å². The predicted molar refractivity (Wildman–Crippen MR) is 165 cm³/mol. The van der Waals surface area contributed by atoms with Gasteiger partial charge < -0.3 is 9.64 Å². The van der Waals surface area contributed by atoms with Crippen LogP contribution < -0.4 is 9.64 Å². The molecule has 0 saturated carbocycles. The Morgan fingerprint density at radius 3 is 2.67 bits per heavy atom. The molecule has 0 spiro atoms. The van der Waals surface area contributed by atoms with Crippen molar-refractivity contribution in [2.24, 2.45) is 10.2 Å². The third-order valence-electron chi connectivity index (χ3n) is 7.40. The van der Waals surface area contributed by atoms with Crippen LogP contribution in [0, 0.1) is 0 Å².